The monoisotopic (exact) mass is 233 g/mol. The Hall–Kier alpha value is -1.62. The van der Waals surface area contributed by atoms with Crippen LogP contribution in [0.4, 0.5) is 0 Å². The van der Waals surface area contributed by atoms with Crippen molar-refractivity contribution in [2.24, 2.45) is 5.73 Å². The van der Waals surface area contributed by atoms with Gasteiger partial charge in [0.15, 0.2) is 0 Å². The summed E-state index contributed by atoms with van der Waals surface area (Å²) in [4.78, 5) is 7.62. The Morgan fingerprint density at radius 2 is 2.18 bits per heavy atom. The molecule has 0 aliphatic rings. The van der Waals surface area contributed by atoms with Crippen LogP contribution >= 0.6 is 0 Å². The SMILES string of the molecule is CCn1cc(-c2cnc(C(C)(N)CC)[nH]2)cn1. The first-order valence-electron chi connectivity index (χ1n) is 5.94. The summed E-state index contributed by atoms with van der Waals surface area (Å²) in [5.74, 6) is 0.819. The van der Waals surface area contributed by atoms with E-state index in [1.165, 1.54) is 0 Å². The van der Waals surface area contributed by atoms with Crippen molar-refractivity contribution in [1.82, 2.24) is 19.7 Å². The third-order valence-electron chi connectivity index (χ3n) is 3.12. The number of aromatic nitrogens is 4. The lowest BCUT2D eigenvalue weighted by Crippen LogP contribution is -2.33. The molecule has 0 spiro atoms. The van der Waals surface area contributed by atoms with Crippen molar-refractivity contribution in [3.8, 4) is 11.3 Å². The minimum Gasteiger partial charge on any atom is -0.340 e. The number of hydrogen-bond donors (Lipinski definition) is 2. The third kappa shape index (κ3) is 2.24. The maximum Gasteiger partial charge on any atom is 0.126 e. The summed E-state index contributed by atoms with van der Waals surface area (Å²) in [6.45, 7) is 6.95. The highest BCUT2D eigenvalue weighted by atomic mass is 15.3. The highest BCUT2D eigenvalue weighted by molar-refractivity contribution is 5.56. The molecule has 0 fully saturated rings. The fourth-order valence-corrected chi connectivity index (χ4v) is 1.60. The van der Waals surface area contributed by atoms with Gasteiger partial charge in [-0.2, -0.15) is 5.10 Å². The molecule has 92 valence electrons. The van der Waals surface area contributed by atoms with E-state index in [2.05, 4.69) is 28.9 Å². The Balaban J connectivity index is 2.29. The summed E-state index contributed by atoms with van der Waals surface area (Å²) in [6, 6.07) is 0. The van der Waals surface area contributed by atoms with E-state index in [1.807, 2.05) is 30.2 Å². The van der Waals surface area contributed by atoms with Gasteiger partial charge in [0.2, 0.25) is 0 Å². The molecular weight excluding hydrogens is 214 g/mol. The van der Waals surface area contributed by atoms with Gasteiger partial charge in [-0.15, -0.1) is 0 Å². The average molecular weight is 233 g/mol. The molecule has 0 aliphatic carbocycles. The lowest BCUT2D eigenvalue weighted by Gasteiger charge is -2.19. The quantitative estimate of drug-likeness (QED) is 0.846. The second kappa shape index (κ2) is 4.33. The number of nitrogens with two attached hydrogens (primary N) is 1. The molecule has 3 N–H and O–H groups in total. The number of aromatic amines is 1. The topological polar surface area (TPSA) is 72.5 Å². The van der Waals surface area contributed by atoms with Gasteiger partial charge in [-0.1, -0.05) is 6.92 Å². The van der Waals surface area contributed by atoms with Crippen LogP contribution in [0.2, 0.25) is 0 Å². The van der Waals surface area contributed by atoms with Crippen molar-refractivity contribution >= 4 is 0 Å². The fourth-order valence-electron chi connectivity index (χ4n) is 1.60. The Kier molecular flexibility index (Phi) is 3.02. The number of hydrogen-bond acceptors (Lipinski definition) is 3. The fraction of sp³-hybridized carbons (Fsp3) is 0.500. The Morgan fingerprint density at radius 1 is 1.41 bits per heavy atom. The first-order valence-corrected chi connectivity index (χ1v) is 5.94. The molecule has 0 bridgehead atoms. The van der Waals surface area contributed by atoms with Gasteiger partial charge in [0.25, 0.3) is 0 Å². The molecule has 17 heavy (non-hydrogen) atoms. The number of H-pyrrole nitrogens is 1. The molecule has 0 saturated heterocycles. The lowest BCUT2D eigenvalue weighted by atomic mass is 10.0. The van der Waals surface area contributed by atoms with Gasteiger partial charge in [-0.05, 0) is 20.3 Å². The first-order chi connectivity index (χ1) is 8.06. The Morgan fingerprint density at radius 3 is 2.76 bits per heavy atom. The van der Waals surface area contributed by atoms with Gasteiger partial charge < -0.3 is 10.7 Å². The molecule has 2 rings (SSSR count). The molecule has 5 nitrogen and oxygen atoms in total. The number of aryl methyl sites for hydroxylation is 1. The van der Waals surface area contributed by atoms with Crippen LogP contribution in [0.3, 0.4) is 0 Å². The summed E-state index contributed by atoms with van der Waals surface area (Å²) >= 11 is 0. The van der Waals surface area contributed by atoms with E-state index >= 15 is 0 Å². The van der Waals surface area contributed by atoms with Crippen LogP contribution in [0.1, 0.15) is 33.0 Å². The van der Waals surface area contributed by atoms with Crippen molar-refractivity contribution in [2.75, 3.05) is 0 Å². The van der Waals surface area contributed by atoms with Crippen molar-refractivity contribution < 1.29 is 0 Å². The zero-order valence-electron chi connectivity index (χ0n) is 10.6. The van der Waals surface area contributed by atoms with Crippen LogP contribution in [0.5, 0.6) is 0 Å². The number of nitrogens with zero attached hydrogens (tertiary/aromatic N) is 3. The number of rotatable bonds is 4. The summed E-state index contributed by atoms with van der Waals surface area (Å²) in [6.07, 6.45) is 6.49. The molecule has 5 heteroatoms. The van der Waals surface area contributed by atoms with E-state index in [0.717, 1.165) is 30.0 Å². The van der Waals surface area contributed by atoms with E-state index in [9.17, 15) is 0 Å². The molecule has 0 radical (unpaired) electrons. The van der Waals surface area contributed by atoms with Gasteiger partial charge >= 0.3 is 0 Å². The Bertz CT molecular complexity index is 494. The standard InChI is InChI=1S/C12H19N5/c1-4-12(3,13)11-14-7-10(16-11)9-6-15-17(5-2)8-9/h6-8H,4-5,13H2,1-3H3,(H,14,16). The normalized spacial score (nSPS) is 14.8. The zero-order chi connectivity index (χ0) is 12.5. The van der Waals surface area contributed by atoms with Crippen LogP contribution in [0.25, 0.3) is 11.3 Å². The molecule has 2 aromatic heterocycles. The third-order valence-corrected chi connectivity index (χ3v) is 3.12. The van der Waals surface area contributed by atoms with Gasteiger partial charge in [-0.25, -0.2) is 4.98 Å². The maximum atomic E-state index is 6.15. The number of imidazole rings is 1. The van der Waals surface area contributed by atoms with Crippen molar-refractivity contribution in [2.45, 2.75) is 39.3 Å². The maximum absolute atomic E-state index is 6.15. The van der Waals surface area contributed by atoms with Gasteiger partial charge in [0.1, 0.15) is 5.82 Å². The van der Waals surface area contributed by atoms with Crippen LogP contribution in [0, 0.1) is 0 Å². The van der Waals surface area contributed by atoms with Crippen LogP contribution in [-0.2, 0) is 12.1 Å². The summed E-state index contributed by atoms with van der Waals surface area (Å²) in [7, 11) is 0. The summed E-state index contributed by atoms with van der Waals surface area (Å²) in [5.41, 5.74) is 7.74. The predicted octanol–water partition coefficient (Wildman–Crippen LogP) is 1.88. The second-order valence-electron chi connectivity index (χ2n) is 4.50. The first kappa shape index (κ1) is 11.9. The molecule has 2 aromatic rings. The van der Waals surface area contributed by atoms with E-state index in [4.69, 9.17) is 5.73 Å². The molecule has 1 unspecified atom stereocenters. The predicted molar refractivity (Wildman–Crippen MR) is 67.3 cm³/mol. The van der Waals surface area contributed by atoms with Gasteiger partial charge in [-0.3, -0.25) is 4.68 Å². The largest absolute Gasteiger partial charge is 0.340 e. The van der Waals surface area contributed by atoms with E-state index in [0.29, 0.717) is 0 Å². The minimum atomic E-state index is -0.404. The highest BCUT2D eigenvalue weighted by Crippen LogP contribution is 2.22. The molecule has 2 heterocycles. The van der Waals surface area contributed by atoms with Crippen LogP contribution < -0.4 is 5.73 Å². The van der Waals surface area contributed by atoms with Crippen LogP contribution in [0.15, 0.2) is 18.6 Å². The van der Waals surface area contributed by atoms with Gasteiger partial charge in [0, 0.05) is 18.3 Å². The molecular formula is C12H19N5. The minimum absolute atomic E-state index is 0.404. The molecule has 0 aromatic carbocycles. The molecule has 1 atom stereocenters. The van der Waals surface area contributed by atoms with Crippen molar-refractivity contribution in [3.05, 3.63) is 24.4 Å². The van der Waals surface area contributed by atoms with E-state index in [1.54, 1.807) is 0 Å². The summed E-state index contributed by atoms with van der Waals surface area (Å²) < 4.78 is 1.89. The van der Waals surface area contributed by atoms with Gasteiger partial charge in [0.05, 0.1) is 23.6 Å². The second-order valence-corrected chi connectivity index (χ2v) is 4.50. The van der Waals surface area contributed by atoms with Crippen LogP contribution in [-0.4, -0.2) is 19.7 Å². The highest BCUT2D eigenvalue weighted by Gasteiger charge is 2.22. The smallest absolute Gasteiger partial charge is 0.126 e. The molecule has 0 aliphatic heterocycles. The van der Waals surface area contributed by atoms with Crippen molar-refractivity contribution in [1.29, 1.82) is 0 Å². The van der Waals surface area contributed by atoms with E-state index in [-0.39, 0.29) is 0 Å². The Labute approximate surface area is 101 Å². The molecule has 0 saturated carbocycles. The molecule has 0 amide bonds. The zero-order valence-corrected chi connectivity index (χ0v) is 10.6. The average Bonchev–Trinajstić information content (AvgIpc) is 2.97. The lowest BCUT2D eigenvalue weighted by molar-refractivity contribution is 0.450. The van der Waals surface area contributed by atoms with E-state index < -0.39 is 5.54 Å². The van der Waals surface area contributed by atoms with Crippen molar-refractivity contribution in [3.63, 3.8) is 0 Å². The number of nitrogens with one attached hydrogen (secondary N) is 1. The summed E-state index contributed by atoms with van der Waals surface area (Å²) in [5, 5.41) is 4.24.